The van der Waals surface area contributed by atoms with Crippen LogP contribution in [0, 0.1) is 11.6 Å². The van der Waals surface area contributed by atoms with E-state index in [-0.39, 0.29) is 12.2 Å². The van der Waals surface area contributed by atoms with Gasteiger partial charge in [-0.2, -0.15) is 0 Å². The van der Waals surface area contributed by atoms with E-state index < -0.39 is 17.5 Å². The molecule has 0 saturated heterocycles. The van der Waals surface area contributed by atoms with Crippen LogP contribution in [-0.2, 0) is 13.1 Å². The zero-order valence-electron chi connectivity index (χ0n) is 17.6. The number of pyridine rings is 1. The van der Waals surface area contributed by atoms with Crippen molar-refractivity contribution in [3.05, 3.63) is 101 Å². The van der Waals surface area contributed by atoms with E-state index in [0.29, 0.717) is 29.6 Å². The van der Waals surface area contributed by atoms with Crippen molar-refractivity contribution in [3.63, 3.8) is 0 Å². The van der Waals surface area contributed by atoms with E-state index in [1.165, 1.54) is 23.9 Å². The van der Waals surface area contributed by atoms with Gasteiger partial charge in [0, 0.05) is 41.7 Å². The molecule has 2 heterocycles. The fourth-order valence-corrected chi connectivity index (χ4v) is 4.28. The molecule has 5 rings (SSSR count). The largest absolute Gasteiger partial charge is 0.341 e. The van der Waals surface area contributed by atoms with Crippen molar-refractivity contribution < 1.29 is 18.8 Å². The number of carbonyl (C=O) groups excluding carboxylic acids is 1. The van der Waals surface area contributed by atoms with Gasteiger partial charge in [-0.3, -0.25) is 10.0 Å². The summed E-state index contributed by atoms with van der Waals surface area (Å²) >= 11 is 0. The summed E-state index contributed by atoms with van der Waals surface area (Å²) in [4.78, 5) is 16.0. The second-order valence-corrected chi connectivity index (χ2v) is 8.29. The number of benzene rings is 2. The van der Waals surface area contributed by atoms with Crippen molar-refractivity contribution in [1.82, 2.24) is 20.3 Å². The SMILES string of the molecule is O=C(NO)c1cc2c(CNC3CC3c3ccccc3)cn(Cc3ccc(F)cc3F)c2cn1. The fourth-order valence-electron chi connectivity index (χ4n) is 4.28. The lowest BCUT2D eigenvalue weighted by Crippen LogP contribution is -2.20. The fraction of sp³-hybridized carbons (Fsp3) is 0.200. The summed E-state index contributed by atoms with van der Waals surface area (Å²) in [6, 6.07) is 15.8. The number of nitrogens with one attached hydrogen (secondary N) is 2. The summed E-state index contributed by atoms with van der Waals surface area (Å²) in [5.74, 6) is -1.49. The molecule has 1 aliphatic rings. The minimum Gasteiger partial charge on any atom is -0.341 e. The standard InChI is InChI=1S/C25H22F2N4O2/c26-18-7-6-16(21(27)8-18)13-31-14-17(20-10-23(25(32)30-33)29-12-24(20)31)11-28-22-9-19(22)15-4-2-1-3-5-15/h1-8,10,12,14,19,22,28,33H,9,11,13H2,(H,30,32). The highest BCUT2D eigenvalue weighted by Gasteiger charge is 2.37. The molecule has 6 nitrogen and oxygen atoms in total. The lowest BCUT2D eigenvalue weighted by Gasteiger charge is -2.07. The summed E-state index contributed by atoms with van der Waals surface area (Å²) < 4.78 is 29.4. The first-order valence-corrected chi connectivity index (χ1v) is 10.7. The second kappa shape index (κ2) is 8.73. The van der Waals surface area contributed by atoms with Gasteiger partial charge < -0.3 is 9.88 Å². The van der Waals surface area contributed by atoms with Crippen molar-refractivity contribution in [2.24, 2.45) is 0 Å². The van der Waals surface area contributed by atoms with Crippen LogP contribution < -0.4 is 10.8 Å². The van der Waals surface area contributed by atoms with Gasteiger partial charge in [0.05, 0.1) is 18.3 Å². The van der Waals surface area contributed by atoms with Gasteiger partial charge in [-0.25, -0.2) is 19.2 Å². The molecule has 1 saturated carbocycles. The summed E-state index contributed by atoms with van der Waals surface area (Å²) in [6.45, 7) is 0.736. The van der Waals surface area contributed by atoms with Crippen molar-refractivity contribution in [2.75, 3.05) is 0 Å². The predicted molar refractivity (Wildman–Crippen MR) is 119 cm³/mol. The van der Waals surface area contributed by atoms with Crippen LogP contribution in [0.2, 0.25) is 0 Å². The second-order valence-electron chi connectivity index (χ2n) is 8.29. The molecule has 168 valence electrons. The smallest absolute Gasteiger partial charge is 0.293 e. The molecule has 0 radical (unpaired) electrons. The molecule has 2 aromatic heterocycles. The Morgan fingerprint density at radius 2 is 1.94 bits per heavy atom. The molecule has 0 spiro atoms. The molecule has 4 aromatic rings. The maximum atomic E-state index is 14.3. The summed E-state index contributed by atoms with van der Waals surface area (Å²) in [5.41, 5.74) is 4.95. The molecule has 2 aromatic carbocycles. The van der Waals surface area contributed by atoms with Gasteiger partial charge in [0.1, 0.15) is 17.3 Å². The maximum absolute atomic E-state index is 14.3. The molecular formula is C25H22F2N4O2. The molecule has 33 heavy (non-hydrogen) atoms. The Morgan fingerprint density at radius 3 is 2.70 bits per heavy atom. The van der Waals surface area contributed by atoms with Crippen LogP contribution in [-0.4, -0.2) is 26.7 Å². The zero-order chi connectivity index (χ0) is 22.9. The molecule has 1 aliphatic carbocycles. The van der Waals surface area contributed by atoms with E-state index in [0.717, 1.165) is 23.4 Å². The summed E-state index contributed by atoms with van der Waals surface area (Å²) in [5, 5.41) is 13.3. The van der Waals surface area contributed by atoms with E-state index in [4.69, 9.17) is 5.21 Å². The molecule has 3 N–H and O–H groups in total. The molecular weight excluding hydrogens is 426 g/mol. The molecule has 1 amide bonds. The Bertz CT molecular complexity index is 1320. The number of fused-ring (bicyclic) bond motifs is 1. The number of aromatic nitrogens is 2. The van der Waals surface area contributed by atoms with Gasteiger partial charge in [-0.05, 0) is 29.7 Å². The molecule has 2 atom stereocenters. The van der Waals surface area contributed by atoms with E-state index in [2.05, 4.69) is 22.4 Å². The highest BCUT2D eigenvalue weighted by atomic mass is 19.1. The lowest BCUT2D eigenvalue weighted by molar-refractivity contribution is 0.0701. The number of amides is 1. The molecule has 0 bridgehead atoms. The minimum atomic E-state index is -0.709. The van der Waals surface area contributed by atoms with Crippen LogP contribution >= 0.6 is 0 Å². The van der Waals surface area contributed by atoms with Crippen molar-refractivity contribution in [1.29, 1.82) is 0 Å². The zero-order valence-corrected chi connectivity index (χ0v) is 17.6. The molecule has 8 heteroatoms. The van der Waals surface area contributed by atoms with Crippen LogP contribution in [0.3, 0.4) is 0 Å². The van der Waals surface area contributed by atoms with Gasteiger partial charge >= 0.3 is 0 Å². The quantitative estimate of drug-likeness (QED) is 0.294. The number of hydrogen-bond donors (Lipinski definition) is 3. The summed E-state index contributed by atoms with van der Waals surface area (Å²) in [7, 11) is 0. The normalized spacial score (nSPS) is 17.3. The van der Waals surface area contributed by atoms with E-state index >= 15 is 0 Å². The van der Waals surface area contributed by atoms with Gasteiger partial charge in [-0.15, -0.1) is 0 Å². The summed E-state index contributed by atoms with van der Waals surface area (Å²) in [6.07, 6.45) is 4.46. The number of hydrogen-bond acceptors (Lipinski definition) is 4. The van der Waals surface area contributed by atoms with Gasteiger partial charge in [0.25, 0.3) is 5.91 Å². The average Bonchev–Trinajstić information content (AvgIpc) is 3.54. The highest BCUT2D eigenvalue weighted by Crippen LogP contribution is 2.41. The molecule has 2 unspecified atom stereocenters. The maximum Gasteiger partial charge on any atom is 0.293 e. The highest BCUT2D eigenvalue weighted by molar-refractivity contribution is 5.96. The predicted octanol–water partition coefficient (Wildman–Crippen LogP) is 4.13. The van der Waals surface area contributed by atoms with E-state index in [9.17, 15) is 13.6 Å². The van der Waals surface area contributed by atoms with Crippen LogP contribution in [0.15, 0.2) is 67.0 Å². The third-order valence-corrected chi connectivity index (χ3v) is 6.11. The third kappa shape index (κ3) is 4.35. The Balaban J connectivity index is 1.43. The van der Waals surface area contributed by atoms with Crippen molar-refractivity contribution >= 4 is 16.8 Å². The Labute approximate surface area is 188 Å². The first-order valence-electron chi connectivity index (χ1n) is 10.7. The van der Waals surface area contributed by atoms with Crippen LogP contribution in [0.1, 0.15) is 39.5 Å². The van der Waals surface area contributed by atoms with E-state index in [1.54, 1.807) is 11.5 Å². The Kier molecular flexibility index (Phi) is 5.62. The topological polar surface area (TPSA) is 79.2 Å². The van der Waals surface area contributed by atoms with Crippen molar-refractivity contribution in [3.8, 4) is 0 Å². The average molecular weight is 448 g/mol. The minimum absolute atomic E-state index is 0.0746. The van der Waals surface area contributed by atoms with E-state index in [1.807, 2.05) is 29.0 Å². The monoisotopic (exact) mass is 448 g/mol. The van der Waals surface area contributed by atoms with Gasteiger partial charge in [0.15, 0.2) is 0 Å². The number of hydroxylamine groups is 1. The third-order valence-electron chi connectivity index (χ3n) is 6.11. The Hall–Kier alpha value is -3.62. The number of nitrogens with zero attached hydrogens (tertiary/aromatic N) is 2. The molecule has 1 fully saturated rings. The van der Waals surface area contributed by atoms with Gasteiger partial charge in [-0.1, -0.05) is 36.4 Å². The lowest BCUT2D eigenvalue weighted by atomic mass is 10.1. The van der Waals surface area contributed by atoms with Crippen molar-refractivity contribution in [2.45, 2.75) is 31.5 Å². The molecule has 0 aliphatic heterocycles. The Morgan fingerprint density at radius 1 is 1.12 bits per heavy atom. The van der Waals surface area contributed by atoms with Crippen LogP contribution in [0.5, 0.6) is 0 Å². The van der Waals surface area contributed by atoms with Crippen LogP contribution in [0.4, 0.5) is 8.78 Å². The van der Waals surface area contributed by atoms with Gasteiger partial charge in [0.2, 0.25) is 0 Å². The number of halogens is 2. The van der Waals surface area contributed by atoms with Crippen LogP contribution in [0.25, 0.3) is 10.9 Å². The first kappa shape index (κ1) is 21.2. The number of rotatable bonds is 7. The first-order chi connectivity index (χ1) is 16.0. The number of carbonyl (C=O) groups is 1.